The van der Waals surface area contributed by atoms with Crippen molar-refractivity contribution in [2.75, 3.05) is 33.3 Å². The Morgan fingerprint density at radius 1 is 1.19 bits per heavy atom. The van der Waals surface area contributed by atoms with Crippen molar-refractivity contribution in [3.63, 3.8) is 0 Å². The van der Waals surface area contributed by atoms with Crippen LogP contribution in [0.25, 0.3) is 0 Å². The van der Waals surface area contributed by atoms with Crippen molar-refractivity contribution in [1.29, 1.82) is 0 Å². The van der Waals surface area contributed by atoms with Gasteiger partial charge in [-0.25, -0.2) is 14.8 Å². The quantitative estimate of drug-likeness (QED) is 0.712. The number of carbonyl (C=O) groups excluding carboxylic acids is 1. The molecule has 26 heavy (non-hydrogen) atoms. The van der Waals surface area contributed by atoms with Gasteiger partial charge in [0.15, 0.2) is 11.5 Å². The molecule has 3 rings (SSSR count). The summed E-state index contributed by atoms with van der Waals surface area (Å²) in [6, 6.07) is 5.42. The molecule has 7 nitrogen and oxygen atoms in total. The number of benzene rings is 1. The SMILES string of the molecule is COC(=O)c1nc(C2CC2)nc(N(C)c2ccc(OC)cc2OC)c1Cl. The smallest absolute Gasteiger partial charge is 0.358 e. The lowest BCUT2D eigenvalue weighted by Crippen LogP contribution is -2.18. The summed E-state index contributed by atoms with van der Waals surface area (Å²) in [5.74, 6) is 1.95. The Labute approximate surface area is 156 Å². The van der Waals surface area contributed by atoms with Crippen molar-refractivity contribution in [1.82, 2.24) is 9.97 Å². The van der Waals surface area contributed by atoms with E-state index in [1.807, 2.05) is 12.1 Å². The van der Waals surface area contributed by atoms with E-state index in [4.69, 9.17) is 25.8 Å². The van der Waals surface area contributed by atoms with Gasteiger partial charge in [-0.15, -0.1) is 0 Å². The predicted octanol–water partition coefficient (Wildman–Crippen LogP) is 3.58. The average molecular weight is 378 g/mol. The van der Waals surface area contributed by atoms with Gasteiger partial charge in [-0.1, -0.05) is 11.6 Å². The van der Waals surface area contributed by atoms with Crippen molar-refractivity contribution in [2.24, 2.45) is 0 Å². The van der Waals surface area contributed by atoms with E-state index in [1.165, 1.54) is 7.11 Å². The van der Waals surface area contributed by atoms with Crippen molar-refractivity contribution < 1.29 is 19.0 Å². The summed E-state index contributed by atoms with van der Waals surface area (Å²) in [6.45, 7) is 0. The average Bonchev–Trinajstić information content (AvgIpc) is 3.51. The predicted molar refractivity (Wildman–Crippen MR) is 98.0 cm³/mol. The van der Waals surface area contributed by atoms with E-state index >= 15 is 0 Å². The van der Waals surface area contributed by atoms with Gasteiger partial charge < -0.3 is 19.1 Å². The Morgan fingerprint density at radius 3 is 2.50 bits per heavy atom. The highest BCUT2D eigenvalue weighted by molar-refractivity contribution is 6.35. The summed E-state index contributed by atoms with van der Waals surface area (Å²) in [6.07, 6.45) is 1.99. The maximum absolute atomic E-state index is 12.1. The van der Waals surface area contributed by atoms with Gasteiger partial charge >= 0.3 is 5.97 Å². The molecule has 1 saturated carbocycles. The van der Waals surface area contributed by atoms with Crippen LogP contribution in [-0.2, 0) is 4.74 Å². The van der Waals surface area contributed by atoms with Crippen molar-refractivity contribution >= 4 is 29.1 Å². The Balaban J connectivity index is 2.10. The third kappa shape index (κ3) is 3.39. The minimum absolute atomic E-state index is 0.0698. The Kier molecular flexibility index (Phi) is 5.18. The molecular weight excluding hydrogens is 358 g/mol. The molecular formula is C18H20ClN3O4. The third-order valence-corrected chi connectivity index (χ3v) is 4.59. The van der Waals surface area contributed by atoms with Crippen LogP contribution >= 0.6 is 11.6 Å². The molecule has 1 aromatic carbocycles. The topological polar surface area (TPSA) is 73.8 Å². The van der Waals surface area contributed by atoms with E-state index in [0.717, 1.165) is 18.5 Å². The fraction of sp³-hybridized carbons (Fsp3) is 0.389. The molecule has 0 bridgehead atoms. The molecule has 1 heterocycles. The van der Waals surface area contributed by atoms with E-state index in [-0.39, 0.29) is 16.6 Å². The first-order valence-electron chi connectivity index (χ1n) is 8.11. The Morgan fingerprint density at radius 2 is 1.92 bits per heavy atom. The monoisotopic (exact) mass is 377 g/mol. The summed E-state index contributed by atoms with van der Waals surface area (Å²) < 4.78 is 15.5. The molecule has 0 spiro atoms. The number of methoxy groups -OCH3 is 3. The normalized spacial score (nSPS) is 13.3. The van der Waals surface area contributed by atoms with Crippen molar-refractivity contribution in [3.8, 4) is 11.5 Å². The molecule has 0 saturated heterocycles. The minimum Gasteiger partial charge on any atom is -0.497 e. The number of carbonyl (C=O) groups is 1. The number of halogens is 1. The summed E-state index contributed by atoms with van der Waals surface area (Å²) in [4.78, 5) is 22.8. The van der Waals surface area contributed by atoms with Gasteiger partial charge in [-0.3, -0.25) is 0 Å². The minimum atomic E-state index is -0.587. The van der Waals surface area contributed by atoms with E-state index in [9.17, 15) is 4.79 Å². The van der Waals surface area contributed by atoms with Crippen molar-refractivity contribution in [2.45, 2.75) is 18.8 Å². The van der Waals surface area contributed by atoms with Gasteiger partial charge in [0.1, 0.15) is 22.3 Å². The molecule has 1 aliphatic carbocycles. The lowest BCUT2D eigenvalue weighted by molar-refractivity contribution is 0.0593. The maximum Gasteiger partial charge on any atom is 0.358 e. The Hall–Kier alpha value is -2.54. The zero-order valence-electron chi connectivity index (χ0n) is 15.1. The molecule has 1 aliphatic rings. The molecule has 8 heteroatoms. The number of esters is 1. The van der Waals surface area contributed by atoms with Gasteiger partial charge in [-0.2, -0.15) is 0 Å². The molecule has 0 amide bonds. The molecule has 1 fully saturated rings. The van der Waals surface area contributed by atoms with Gasteiger partial charge in [0.2, 0.25) is 0 Å². The lowest BCUT2D eigenvalue weighted by atomic mass is 10.2. The number of hydrogen-bond donors (Lipinski definition) is 0. The number of nitrogens with zero attached hydrogens (tertiary/aromatic N) is 3. The van der Waals surface area contributed by atoms with Crippen LogP contribution in [0.1, 0.15) is 35.1 Å². The van der Waals surface area contributed by atoms with Crippen LogP contribution < -0.4 is 14.4 Å². The number of aromatic nitrogens is 2. The fourth-order valence-corrected chi connectivity index (χ4v) is 2.89. The van der Waals surface area contributed by atoms with Gasteiger partial charge in [0.25, 0.3) is 0 Å². The van der Waals surface area contributed by atoms with Gasteiger partial charge in [0.05, 0.1) is 27.0 Å². The third-order valence-electron chi connectivity index (χ3n) is 4.24. The number of anilines is 2. The van der Waals surface area contributed by atoms with Gasteiger partial charge in [-0.05, 0) is 25.0 Å². The zero-order valence-corrected chi connectivity index (χ0v) is 15.8. The van der Waals surface area contributed by atoms with Crippen LogP contribution in [0.15, 0.2) is 18.2 Å². The number of hydrogen-bond acceptors (Lipinski definition) is 7. The molecule has 2 aromatic rings. The van der Waals surface area contributed by atoms with Crippen LogP contribution in [0.2, 0.25) is 5.02 Å². The van der Waals surface area contributed by atoms with E-state index in [0.29, 0.717) is 23.1 Å². The van der Waals surface area contributed by atoms with Crippen LogP contribution in [0, 0.1) is 0 Å². The number of ether oxygens (including phenoxy) is 3. The standard InChI is InChI=1S/C18H20ClN3O4/c1-22(12-8-7-11(24-2)9-13(12)25-3)17-14(19)15(18(23)26-4)20-16(21-17)10-5-6-10/h7-10H,5-6H2,1-4H3. The van der Waals surface area contributed by atoms with Crippen molar-refractivity contribution in [3.05, 3.63) is 34.7 Å². The van der Waals surface area contributed by atoms with E-state index < -0.39 is 5.97 Å². The molecule has 0 radical (unpaired) electrons. The highest BCUT2D eigenvalue weighted by Gasteiger charge is 2.31. The van der Waals surface area contributed by atoms with Gasteiger partial charge in [0, 0.05) is 19.0 Å². The largest absolute Gasteiger partial charge is 0.497 e. The highest BCUT2D eigenvalue weighted by atomic mass is 35.5. The number of rotatable bonds is 6. The second-order valence-electron chi connectivity index (χ2n) is 5.93. The van der Waals surface area contributed by atoms with E-state index in [1.54, 1.807) is 32.2 Å². The van der Waals surface area contributed by atoms with E-state index in [2.05, 4.69) is 9.97 Å². The first-order chi connectivity index (χ1) is 12.5. The van der Waals surface area contributed by atoms with Crippen LogP contribution in [-0.4, -0.2) is 44.3 Å². The maximum atomic E-state index is 12.1. The highest BCUT2D eigenvalue weighted by Crippen LogP contribution is 2.42. The molecule has 0 unspecified atom stereocenters. The molecule has 1 aromatic heterocycles. The molecule has 0 atom stereocenters. The van der Waals surface area contributed by atoms with Crippen LogP contribution in [0.4, 0.5) is 11.5 Å². The fourth-order valence-electron chi connectivity index (χ4n) is 2.61. The molecule has 138 valence electrons. The Bertz CT molecular complexity index is 839. The lowest BCUT2D eigenvalue weighted by Gasteiger charge is -2.23. The zero-order chi connectivity index (χ0) is 18.8. The summed E-state index contributed by atoms with van der Waals surface area (Å²) in [5, 5.41) is 0.140. The first kappa shape index (κ1) is 18.3. The second kappa shape index (κ2) is 7.37. The van der Waals surface area contributed by atoms with Crippen LogP contribution in [0.5, 0.6) is 11.5 Å². The first-order valence-corrected chi connectivity index (χ1v) is 8.49. The second-order valence-corrected chi connectivity index (χ2v) is 6.31. The molecule has 0 aliphatic heterocycles. The van der Waals surface area contributed by atoms with Crippen LogP contribution in [0.3, 0.4) is 0 Å². The summed E-state index contributed by atoms with van der Waals surface area (Å²) in [7, 11) is 6.26. The molecule has 0 N–H and O–H groups in total. The summed E-state index contributed by atoms with van der Waals surface area (Å²) >= 11 is 6.45. The summed E-state index contributed by atoms with van der Waals surface area (Å²) in [5.41, 5.74) is 0.798.